The molecule has 1 saturated heterocycles. The quantitative estimate of drug-likeness (QED) is 0.909. The molecule has 1 atom stereocenters. The minimum absolute atomic E-state index is 0.0222. The molecule has 0 saturated carbocycles. The van der Waals surface area contributed by atoms with E-state index < -0.39 is 21.9 Å². The van der Waals surface area contributed by atoms with Crippen LogP contribution in [-0.2, 0) is 14.8 Å². The molecule has 2 aromatic rings. The number of nitrogens with one attached hydrogen (secondary N) is 1. The average molecular weight is 362 g/mol. The first kappa shape index (κ1) is 17.6. The van der Waals surface area contributed by atoms with Crippen LogP contribution in [0.2, 0.25) is 0 Å². The van der Waals surface area contributed by atoms with Crippen molar-refractivity contribution in [2.75, 3.05) is 11.4 Å². The summed E-state index contributed by atoms with van der Waals surface area (Å²) in [5, 5.41) is 0. The Morgan fingerprint density at radius 2 is 1.76 bits per heavy atom. The van der Waals surface area contributed by atoms with Gasteiger partial charge in [-0.2, -0.15) is 0 Å². The molecular formula is C18H19FN2O3S. The highest BCUT2D eigenvalue weighted by Gasteiger charge is 2.33. The number of rotatable bonds is 4. The minimum atomic E-state index is -3.80. The van der Waals surface area contributed by atoms with Crippen molar-refractivity contribution < 1.29 is 17.6 Å². The second kappa shape index (κ2) is 6.57. The molecule has 1 aliphatic rings. The first-order chi connectivity index (χ1) is 11.8. The van der Waals surface area contributed by atoms with Gasteiger partial charge in [-0.25, -0.2) is 17.5 Å². The van der Waals surface area contributed by atoms with Gasteiger partial charge in [-0.15, -0.1) is 0 Å². The standard InChI is InChI=1S/C18H19FN2O3S/c1-12-3-6-16(9-13(12)2)21-11-15(10-18(21)22)20-25(23,24)17-7-4-14(19)5-8-17/h3-9,15,20H,10-11H2,1-2H3/t15-/m1/s1. The largest absolute Gasteiger partial charge is 0.311 e. The molecule has 0 radical (unpaired) electrons. The van der Waals surface area contributed by atoms with E-state index in [9.17, 15) is 17.6 Å². The molecule has 1 heterocycles. The number of anilines is 1. The van der Waals surface area contributed by atoms with Crippen molar-refractivity contribution in [1.82, 2.24) is 4.72 Å². The SMILES string of the molecule is Cc1ccc(N2C[C@H](NS(=O)(=O)c3ccc(F)cc3)CC2=O)cc1C. The predicted molar refractivity (Wildman–Crippen MR) is 93.4 cm³/mol. The van der Waals surface area contributed by atoms with Gasteiger partial charge in [0.25, 0.3) is 0 Å². The van der Waals surface area contributed by atoms with Gasteiger partial charge in [0.05, 0.1) is 4.90 Å². The van der Waals surface area contributed by atoms with Crippen LogP contribution in [0.1, 0.15) is 17.5 Å². The van der Waals surface area contributed by atoms with Gasteiger partial charge in [0, 0.05) is 24.7 Å². The molecule has 5 nitrogen and oxygen atoms in total. The minimum Gasteiger partial charge on any atom is -0.311 e. The Morgan fingerprint density at radius 3 is 2.40 bits per heavy atom. The van der Waals surface area contributed by atoms with Crippen LogP contribution in [-0.4, -0.2) is 26.9 Å². The van der Waals surface area contributed by atoms with Crippen molar-refractivity contribution in [3.63, 3.8) is 0 Å². The fourth-order valence-corrected chi connectivity index (χ4v) is 4.06. The lowest BCUT2D eigenvalue weighted by atomic mass is 10.1. The maximum absolute atomic E-state index is 13.0. The molecule has 1 fully saturated rings. The second-order valence-corrected chi connectivity index (χ2v) is 7.96. The Balaban J connectivity index is 1.76. The summed E-state index contributed by atoms with van der Waals surface area (Å²) < 4.78 is 40.3. The van der Waals surface area contributed by atoms with E-state index in [1.807, 2.05) is 32.0 Å². The van der Waals surface area contributed by atoms with Crippen LogP contribution >= 0.6 is 0 Å². The lowest BCUT2D eigenvalue weighted by molar-refractivity contribution is -0.117. The van der Waals surface area contributed by atoms with Crippen molar-refractivity contribution in [2.45, 2.75) is 31.2 Å². The van der Waals surface area contributed by atoms with Crippen molar-refractivity contribution in [3.8, 4) is 0 Å². The van der Waals surface area contributed by atoms with E-state index >= 15 is 0 Å². The van der Waals surface area contributed by atoms with Gasteiger partial charge in [-0.3, -0.25) is 4.79 Å². The van der Waals surface area contributed by atoms with Gasteiger partial charge in [0.15, 0.2) is 0 Å². The number of carbonyl (C=O) groups is 1. The van der Waals surface area contributed by atoms with E-state index in [2.05, 4.69) is 4.72 Å². The van der Waals surface area contributed by atoms with E-state index in [0.717, 1.165) is 28.9 Å². The van der Waals surface area contributed by atoms with Crippen molar-refractivity contribution in [2.24, 2.45) is 0 Å². The molecule has 1 amide bonds. The third kappa shape index (κ3) is 3.72. The Bertz CT molecular complexity index is 910. The van der Waals surface area contributed by atoms with Crippen LogP contribution in [0.15, 0.2) is 47.4 Å². The van der Waals surface area contributed by atoms with Crippen LogP contribution in [0, 0.1) is 19.7 Å². The Hall–Kier alpha value is -2.25. The zero-order chi connectivity index (χ0) is 18.2. The Morgan fingerprint density at radius 1 is 1.08 bits per heavy atom. The molecule has 1 aliphatic heterocycles. The topological polar surface area (TPSA) is 66.5 Å². The normalized spacial score (nSPS) is 18.0. The maximum Gasteiger partial charge on any atom is 0.240 e. The molecule has 25 heavy (non-hydrogen) atoms. The molecule has 0 bridgehead atoms. The van der Waals surface area contributed by atoms with E-state index in [-0.39, 0.29) is 23.8 Å². The van der Waals surface area contributed by atoms with E-state index in [0.29, 0.717) is 0 Å². The van der Waals surface area contributed by atoms with Gasteiger partial charge in [-0.1, -0.05) is 6.07 Å². The summed E-state index contributed by atoms with van der Waals surface area (Å²) in [6, 6.07) is 9.79. The molecule has 0 aliphatic carbocycles. The first-order valence-corrected chi connectivity index (χ1v) is 9.40. The lowest BCUT2D eigenvalue weighted by Gasteiger charge is -2.18. The summed E-state index contributed by atoms with van der Waals surface area (Å²) in [6.45, 7) is 4.22. The third-order valence-corrected chi connectivity index (χ3v) is 5.91. The fourth-order valence-electron chi connectivity index (χ4n) is 2.83. The number of benzene rings is 2. The zero-order valence-electron chi connectivity index (χ0n) is 14.0. The van der Waals surface area contributed by atoms with Gasteiger partial charge < -0.3 is 4.90 Å². The molecule has 7 heteroatoms. The fraction of sp³-hybridized carbons (Fsp3) is 0.278. The molecule has 2 aromatic carbocycles. The van der Waals surface area contributed by atoms with Crippen molar-refractivity contribution in [1.29, 1.82) is 0 Å². The maximum atomic E-state index is 13.0. The molecule has 1 N–H and O–H groups in total. The van der Waals surface area contributed by atoms with E-state index in [4.69, 9.17) is 0 Å². The smallest absolute Gasteiger partial charge is 0.240 e. The Kier molecular flexibility index (Phi) is 4.62. The summed E-state index contributed by atoms with van der Waals surface area (Å²) in [5.74, 6) is -0.633. The first-order valence-electron chi connectivity index (χ1n) is 7.92. The van der Waals surface area contributed by atoms with E-state index in [1.165, 1.54) is 12.1 Å². The summed E-state index contributed by atoms with van der Waals surface area (Å²) in [4.78, 5) is 13.9. The van der Waals surface area contributed by atoms with Crippen LogP contribution < -0.4 is 9.62 Å². The highest BCUT2D eigenvalue weighted by molar-refractivity contribution is 7.89. The van der Waals surface area contributed by atoms with Crippen LogP contribution in [0.4, 0.5) is 10.1 Å². The summed E-state index contributed by atoms with van der Waals surface area (Å²) in [6.07, 6.45) is 0.0906. The number of hydrogen-bond donors (Lipinski definition) is 1. The number of carbonyl (C=O) groups excluding carboxylic acids is 1. The van der Waals surface area contributed by atoms with Gasteiger partial charge in [0.2, 0.25) is 15.9 Å². The highest BCUT2D eigenvalue weighted by Crippen LogP contribution is 2.25. The highest BCUT2D eigenvalue weighted by atomic mass is 32.2. The number of nitrogens with zero attached hydrogens (tertiary/aromatic N) is 1. The molecule has 132 valence electrons. The second-order valence-electron chi connectivity index (χ2n) is 6.25. The average Bonchev–Trinajstić information content (AvgIpc) is 2.90. The van der Waals surface area contributed by atoms with Crippen LogP contribution in [0.3, 0.4) is 0 Å². The molecular weight excluding hydrogens is 343 g/mol. The van der Waals surface area contributed by atoms with Crippen LogP contribution in [0.5, 0.6) is 0 Å². The number of halogens is 1. The predicted octanol–water partition coefficient (Wildman–Crippen LogP) is 2.53. The number of aryl methyl sites for hydroxylation is 2. The molecule has 0 spiro atoms. The summed E-state index contributed by atoms with van der Waals surface area (Å²) in [5.41, 5.74) is 2.96. The van der Waals surface area contributed by atoms with Crippen LogP contribution in [0.25, 0.3) is 0 Å². The van der Waals surface area contributed by atoms with Crippen molar-refractivity contribution in [3.05, 3.63) is 59.4 Å². The number of hydrogen-bond acceptors (Lipinski definition) is 3. The number of sulfonamides is 1. The summed E-state index contributed by atoms with van der Waals surface area (Å²) >= 11 is 0. The van der Waals surface area contributed by atoms with Gasteiger partial charge in [-0.05, 0) is 61.4 Å². The van der Waals surface area contributed by atoms with Gasteiger partial charge >= 0.3 is 0 Å². The zero-order valence-corrected chi connectivity index (χ0v) is 14.8. The van der Waals surface area contributed by atoms with Crippen molar-refractivity contribution >= 4 is 21.6 Å². The molecule has 3 rings (SSSR count). The third-order valence-electron chi connectivity index (χ3n) is 4.37. The summed E-state index contributed by atoms with van der Waals surface area (Å²) in [7, 11) is -3.80. The monoisotopic (exact) mass is 362 g/mol. The lowest BCUT2D eigenvalue weighted by Crippen LogP contribution is -2.37. The van der Waals surface area contributed by atoms with Gasteiger partial charge in [0.1, 0.15) is 5.82 Å². The molecule has 0 unspecified atom stereocenters. The molecule has 0 aromatic heterocycles. The Labute approximate surface area is 146 Å². The number of amides is 1. The van der Waals surface area contributed by atoms with E-state index in [1.54, 1.807) is 4.90 Å².